The summed E-state index contributed by atoms with van der Waals surface area (Å²) in [5, 5.41) is 0. The fraction of sp³-hybridized carbons (Fsp3) is 0.909. The van der Waals surface area contributed by atoms with Crippen LogP contribution in [0.15, 0.2) is 0 Å². The second-order valence-corrected chi connectivity index (χ2v) is 10.5. The minimum Gasteiger partial charge on any atom is -0.462 e. The number of esters is 2. The molecule has 0 aliphatic heterocycles. The quantitative estimate of drug-likeness (QED) is 0.266. The molecule has 180 valence electrons. The molecule has 2 aliphatic carbocycles. The van der Waals surface area contributed by atoms with Gasteiger partial charge in [0, 0.05) is 10.8 Å². The van der Waals surface area contributed by atoms with Gasteiger partial charge >= 0.3 is 11.9 Å². The Labute approximate surface area is 185 Å². The van der Waals surface area contributed by atoms with Gasteiger partial charge in [0.2, 0.25) is 0 Å². The molecule has 0 aromatic rings. The van der Waals surface area contributed by atoms with Crippen LogP contribution >= 0.6 is 0 Å². The van der Waals surface area contributed by atoms with E-state index < -0.39 is 11.1 Å². The van der Waals surface area contributed by atoms with E-state index in [0.717, 1.165) is 0 Å². The molecule has 0 heterocycles. The van der Waals surface area contributed by atoms with Gasteiger partial charge in [-0.25, -0.2) is 0 Å². The number of carbonyl (C=O) groups excluding carboxylic acids is 2. The van der Waals surface area contributed by atoms with Gasteiger partial charge in [0.15, 0.2) is 0 Å². The molecular weight excluding hydrogens is 404 g/mol. The molecule has 4 N–H and O–H groups in total. The standard InChI is InChI=1S/C22H40N2O7/c1-19(2,13-27-9-11-30-17(25)21(23)5-6-21)15-29-16-20(3,4)14-28-10-12-31-18(26)22(24)7-8-22/h5-16,23-24H2,1-4H3. The Morgan fingerprint density at radius 3 is 1.29 bits per heavy atom. The predicted molar refractivity (Wildman–Crippen MR) is 114 cm³/mol. The van der Waals surface area contributed by atoms with Crippen LogP contribution in [0, 0.1) is 10.8 Å². The summed E-state index contributed by atoms with van der Waals surface area (Å²) in [6, 6.07) is 0. The van der Waals surface area contributed by atoms with E-state index in [4.69, 9.17) is 35.2 Å². The van der Waals surface area contributed by atoms with Gasteiger partial charge < -0.3 is 35.2 Å². The Balaban J connectivity index is 1.48. The lowest BCUT2D eigenvalue weighted by Gasteiger charge is -2.29. The van der Waals surface area contributed by atoms with Gasteiger partial charge in [-0.15, -0.1) is 0 Å². The topological polar surface area (TPSA) is 132 Å². The maximum atomic E-state index is 11.6. The van der Waals surface area contributed by atoms with Gasteiger partial charge in [-0.3, -0.25) is 9.59 Å². The molecule has 0 spiro atoms. The summed E-state index contributed by atoms with van der Waals surface area (Å²) in [5.74, 6) is -0.681. The normalized spacial score (nSPS) is 19.0. The monoisotopic (exact) mass is 444 g/mol. The van der Waals surface area contributed by atoms with Crippen LogP contribution in [0.25, 0.3) is 0 Å². The predicted octanol–water partition coefficient (Wildman–Crippen LogP) is 1.16. The molecule has 0 amide bonds. The van der Waals surface area contributed by atoms with E-state index in [1.807, 2.05) is 0 Å². The highest BCUT2D eigenvalue weighted by Crippen LogP contribution is 2.33. The van der Waals surface area contributed by atoms with Crippen LogP contribution in [0.4, 0.5) is 0 Å². The number of hydrogen-bond donors (Lipinski definition) is 2. The van der Waals surface area contributed by atoms with Crippen LogP contribution in [-0.4, -0.2) is 75.9 Å². The van der Waals surface area contributed by atoms with E-state index in [1.54, 1.807) is 0 Å². The molecule has 9 heteroatoms. The maximum absolute atomic E-state index is 11.6. The first-order valence-corrected chi connectivity index (χ1v) is 11.0. The minimum absolute atomic E-state index is 0.179. The molecule has 0 saturated heterocycles. The van der Waals surface area contributed by atoms with Crippen molar-refractivity contribution in [2.75, 3.05) is 52.9 Å². The van der Waals surface area contributed by atoms with E-state index in [0.29, 0.717) is 65.3 Å². The minimum atomic E-state index is -0.752. The van der Waals surface area contributed by atoms with Crippen molar-refractivity contribution in [2.24, 2.45) is 22.3 Å². The fourth-order valence-corrected chi connectivity index (χ4v) is 2.74. The molecule has 0 aromatic carbocycles. The highest BCUT2D eigenvalue weighted by atomic mass is 16.6. The van der Waals surface area contributed by atoms with Crippen molar-refractivity contribution in [1.82, 2.24) is 0 Å². The zero-order valence-corrected chi connectivity index (χ0v) is 19.5. The van der Waals surface area contributed by atoms with E-state index >= 15 is 0 Å². The number of nitrogens with two attached hydrogens (primary N) is 2. The van der Waals surface area contributed by atoms with Crippen molar-refractivity contribution < 1.29 is 33.3 Å². The first-order valence-electron chi connectivity index (χ1n) is 11.0. The average Bonchev–Trinajstić information content (AvgIpc) is 3.59. The fourth-order valence-electron chi connectivity index (χ4n) is 2.74. The molecule has 31 heavy (non-hydrogen) atoms. The lowest BCUT2D eigenvalue weighted by Crippen LogP contribution is -2.35. The summed E-state index contributed by atoms with van der Waals surface area (Å²) in [5.41, 5.74) is 9.69. The van der Waals surface area contributed by atoms with Crippen molar-refractivity contribution in [3.8, 4) is 0 Å². The largest absolute Gasteiger partial charge is 0.462 e. The lowest BCUT2D eigenvalue weighted by molar-refractivity contribution is -0.148. The molecular formula is C22H40N2O7. The second-order valence-electron chi connectivity index (χ2n) is 10.5. The van der Waals surface area contributed by atoms with Gasteiger partial charge in [-0.1, -0.05) is 27.7 Å². The summed E-state index contributed by atoms with van der Waals surface area (Å²) in [4.78, 5) is 23.3. The Hall–Kier alpha value is -1.26. The van der Waals surface area contributed by atoms with Gasteiger partial charge in [-0.2, -0.15) is 0 Å². The summed E-state index contributed by atoms with van der Waals surface area (Å²) >= 11 is 0. The molecule has 0 radical (unpaired) electrons. The van der Waals surface area contributed by atoms with Crippen LogP contribution in [0.2, 0.25) is 0 Å². The highest BCUT2D eigenvalue weighted by Gasteiger charge is 2.48. The second kappa shape index (κ2) is 10.6. The maximum Gasteiger partial charge on any atom is 0.326 e. The third-order valence-corrected chi connectivity index (χ3v) is 5.28. The molecule has 9 nitrogen and oxygen atoms in total. The van der Waals surface area contributed by atoms with Crippen molar-refractivity contribution in [1.29, 1.82) is 0 Å². The van der Waals surface area contributed by atoms with E-state index in [-0.39, 0.29) is 36.0 Å². The van der Waals surface area contributed by atoms with Gasteiger partial charge in [0.25, 0.3) is 0 Å². The Kier molecular flexibility index (Phi) is 8.86. The Morgan fingerprint density at radius 2 is 0.968 bits per heavy atom. The average molecular weight is 445 g/mol. The molecule has 0 atom stereocenters. The summed E-state index contributed by atoms with van der Waals surface area (Å²) in [6.07, 6.45) is 2.78. The van der Waals surface area contributed by atoms with Crippen molar-refractivity contribution >= 4 is 11.9 Å². The van der Waals surface area contributed by atoms with Crippen LogP contribution in [0.1, 0.15) is 53.4 Å². The first kappa shape index (κ1) is 26.0. The van der Waals surface area contributed by atoms with Crippen LogP contribution in [0.3, 0.4) is 0 Å². The lowest BCUT2D eigenvalue weighted by atomic mass is 9.94. The van der Waals surface area contributed by atoms with Crippen LogP contribution < -0.4 is 11.5 Å². The van der Waals surface area contributed by atoms with Crippen LogP contribution in [-0.2, 0) is 33.3 Å². The Morgan fingerprint density at radius 1 is 0.645 bits per heavy atom. The van der Waals surface area contributed by atoms with Gasteiger partial charge in [-0.05, 0) is 25.7 Å². The molecule has 2 aliphatic rings. The molecule has 0 bridgehead atoms. The third kappa shape index (κ3) is 9.41. The molecule has 2 fully saturated rings. The van der Waals surface area contributed by atoms with Crippen molar-refractivity contribution in [2.45, 2.75) is 64.5 Å². The third-order valence-electron chi connectivity index (χ3n) is 5.28. The number of rotatable bonds is 16. The summed E-state index contributed by atoms with van der Waals surface area (Å²) in [6.45, 7) is 11.3. The molecule has 0 aromatic heterocycles. The Bertz CT molecular complexity index is 561. The summed E-state index contributed by atoms with van der Waals surface area (Å²) in [7, 11) is 0. The number of hydrogen-bond acceptors (Lipinski definition) is 9. The van der Waals surface area contributed by atoms with Crippen LogP contribution in [0.5, 0.6) is 0 Å². The molecule has 2 saturated carbocycles. The molecule has 0 unspecified atom stereocenters. The van der Waals surface area contributed by atoms with Crippen molar-refractivity contribution in [3.63, 3.8) is 0 Å². The number of ether oxygens (including phenoxy) is 5. The SMILES string of the molecule is CC(C)(COCCOC(=O)C1(N)CC1)COCC(C)(C)COCCOC(=O)C1(N)CC1. The van der Waals surface area contributed by atoms with E-state index in [9.17, 15) is 9.59 Å². The van der Waals surface area contributed by atoms with Gasteiger partial charge in [0.1, 0.15) is 24.3 Å². The number of carbonyl (C=O) groups is 2. The first-order chi connectivity index (χ1) is 14.4. The summed E-state index contributed by atoms with van der Waals surface area (Å²) < 4.78 is 27.4. The van der Waals surface area contributed by atoms with E-state index in [1.165, 1.54) is 0 Å². The zero-order chi connectivity index (χ0) is 23.2. The smallest absolute Gasteiger partial charge is 0.326 e. The highest BCUT2D eigenvalue weighted by molar-refractivity contribution is 5.84. The van der Waals surface area contributed by atoms with E-state index in [2.05, 4.69) is 27.7 Å². The molecule has 2 rings (SSSR count). The zero-order valence-electron chi connectivity index (χ0n) is 19.5. The van der Waals surface area contributed by atoms with Gasteiger partial charge in [0.05, 0.1) is 39.6 Å². The van der Waals surface area contributed by atoms with Crippen molar-refractivity contribution in [3.05, 3.63) is 0 Å².